The van der Waals surface area contributed by atoms with E-state index in [1.54, 1.807) is 6.20 Å². The van der Waals surface area contributed by atoms with Gasteiger partial charge in [-0.2, -0.15) is 5.10 Å². The maximum atomic E-state index is 12.3. The van der Waals surface area contributed by atoms with Gasteiger partial charge in [-0.1, -0.05) is 0 Å². The normalized spacial score (nSPS) is 25.2. The molecular weight excluding hydrogens is 258 g/mol. The second kappa shape index (κ2) is 5.26. The molecule has 0 saturated heterocycles. The number of aromatic nitrogens is 2. The molecule has 2 atom stereocenters. The molecule has 0 spiro atoms. The van der Waals surface area contributed by atoms with Crippen molar-refractivity contribution >= 4 is 11.9 Å². The number of hydrogen-bond acceptors (Lipinski definition) is 3. The fraction of sp³-hybridized carbons (Fsp3) is 0.643. The standard InChI is InChI=1S/C14H19N3O3/c18-13(16-10-5-4-9(7-10)14(19)20)11-8-15-17-6-2-1-3-12(11)17/h8-10H,1-7H2,(H,16,18)(H,19,20)/t9-,10+/m1/s1. The van der Waals surface area contributed by atoms with E-state index in [4.69, 9.17) is 5.11 Å². The summed E-state index contributed by atoms with van der Waals surface area (Å²) in [6, 6.07) is -0.0252. The van der Waals surface area contributed by atoms with Gasteiger partial charge in [0.1, 0.15) is 0 Å². The van der Waals surface area contributed by atoms with Crippen LogP contribution in [0.25, 0.3) is 0 Å². The van der Waals surface area contributed by atoms with Crippen LogP contribution in [0, 0.1) is 5.92 Å². The van der Waals surface area contributed by atoms with Crippen molar-refractivity contribution < 1.29 is 14.7 Å². The predicted molar refractivity (Wildman–Crippen MR) is 71.4 cm³/mol. The lowest BCUT2D eigenvalue weighted by Gasteiger charge is -2.16. The molecule has 1 saturated carbocycles. The number of carbonyl (C=O) groups excluding carboxylic acids is 1. The average molecular weight is 277 g/mol. The van der Waals surface area contributed by atoms with Gasteiger partial charge in [0.05, 0.1) is 23.4 Å². The van der Waals surface area contributed by atoms with Crippen molar-refractivity contribution in [3.8, 4) is 0 Å². The number of aliphatic carboxylic acids is 1. The number of nitrogens with one attached hydrogen (secondary N) is 1. The van der Waals surface area contributed by atoms with Crippen molar-refractivity contribution in [2.24, 2.45) is 5.92 Å². The van der Waals surface area contributed by atoms with Crippen LogP contribution in [-0.2, 0) is 17.8 Å². The van der Waals surface area contributed by atoms with Gasteiger partial charge in [0.25, 0.3) is 5.91 Å². The molecule has 2 heterocycles. The minimum absolute atomic E-state index is 0.0252. The molecule has 2 N–H and O–H groups in total. The minimum atomic E-state index is -0.760. The topological polar surface area (TPSA) is 84.2 Å². The van der Waals surface area contributed by atoms with E-state index in [2.05, 4.69) is 10.4 Å². The molecule has 0 unspecified atom stereocenters. The summed E-state index contributed by atoms with van der Waals surface area (Å²) in [7, 11) is 0. The Hall–Kier alpha value is -1.85. The SMILES string of the molecule is O=C(N[C@H]1CC[C@@H](C(=O)O)C1)c1cnn2c1CCCC2. The summed E-state index contributed by atoms with van der Waals surface area (Å²) in [5.41, 5.74) is 1.67. The quantitative estimate of drug-likeness (QED) is 0.869. The van der Waals surface area contributed by atoms with Crippen molar-refractivity contribution in [2.45, 2.75) is 51.1 Å². The number of rotatable bonds is 3. The van der Waals surface area contributed by atoms with E-state index in [-0.39, 0.29) is 17.9 Å². The molecule has 3 rings (SSSR count). The summed E-state index contributed by atoms with van der Waals surface area (Å²) >= 11 is 0. The Morgan fingerprint density at radius 3 is 2.95 bits per heavy atom. The third-order valence-corrected chi connectivity index (χ3v) is 4.34. The molecule has 1 aliphatic carbocycles. The highest BCUT2D eigenvalue weighted by Gasteiger charge is 2.31. The van der Waals surface area contributed by atoms with E-state index in [1.807, 2.05) is 4.68 Å². The van der Waals surface area contributed by atoms with Gasteiger partial charge in [-0.3, -0.25) is 14.3 Å². The number of nitrogens with zero attached hydrogens (tertiary/aromatic N) is 2. The average Bonchev–Trinajstić information content (AvgIpc) is 3.04. The molecule has 1 aromatic heterocycles. The maximum absolute atomic E-state index is 12.3. The summed E-state index contributed by atoms with van der Waals surface area (Å²) in [5, 5.41) is 16.2. The molecular formula is C14H19N3O3. The molecule has 0 aromatic carbocycles. The Bertz CT molecular complexity index is 538. The summed E-state index contributed by atoms with van der Waals surface area (Å²) in [6.07, 6.45) is 6.66. The van der Waals surface area contributed by atoms with Gasteiger partial charge in [-0.15, -0.1) is 0 Å². The van der Waals surface area contributed by atoms with Crippen LogP contribution in [0.15, 0.2) is 6.20 Å². The van der Waals surface area contributed by atoms with Crippen LogP contribution in [-0.4, -0.2) is 32.8 Å². The zero-order valence-electron chi connectivity index (χ0n) is 11.3. The molecule has 2 aliphatic rings. The number of aryl methyl sites for hydroxylation is 1. The highest BCUT2D eigenvalue weighted by molar-refractivity contribution is 5.95. The monoisotopic (exact) mass is 277 g/mol. The molecule has 1 aliphatic heterocycles. The van der Waals surface area contributed by atoms with Crippen molar-refractivity contribution in [2.75, 3.05) is 0 Å². The largest absolute Gasteiger partial charge is 0.481 e. The van der Waals surface area contributed by atoms with E-state index in [0.29, 0.717) is 18.4 Å². The molecule has 20 heavy (non-hydrogen) atoms. The van der Waals surface area contributed by atoms with Crippen LogP contribution in [0.1, 0.15) is 48.2 Å². The number of carbonyl (C=O) groups is 2. The first kappa shape index (κ1) is 13.1. The first-order valence-corrected chi connectivity index (χ1v) is 7.23. The van der Waals surface area contributed by atoms with E-state index < -0.39 is 5.97 Å². The minimum Gasteiger partial charge on any atom is -0.481 e. The predicted octanol–water partition coefficient (Wildman–Crippen LogP) is 1.20. The number of amides is 1. The van der Waals surface area contributed by atoms with Crippen molar-refractivity contribution in [1.29, 1.82) is 0 Å². The second-order valence-corrected chi connectivity index (χ2v) is 5.70. The summed E-state index contributed by atoms with van der Waals surface area (Å²) in [4.78, 5) is 23.2. The number of hydrogen-bond donors (Lipinski definition) is 2. The van der Waals surface area contributed by atoms with Crippen LogP contribution in [0.2, 0.25) is 0 Å². The summed E-state index contributed by atoms with van der Waals surface area (Å²) in [6.45, 7) is 0.882. The van der Waals surface area contributed by atoms with E-state index >= 15 is 0 Å². The molecule has 108 valence electrons. The molecule has 1 fully saturated rings. The highest BCUT2D eigenvalue weighted by Crippen LogP contribution is 2.26. The third-order valence-electron chi connectivity index (χ3n) is 4.34. The van der Waals surface area contributed by atoms with E-state index in [9.17, 15) is 9.59 Å². The van der Waals surface area contributed by atoms with Crippen LogP contribution in [0.5, 0.6) is 0 Å². The zero-order chi connectivity index (χ0) is 14.1. The van der Waals surface area contributed by atoms with Crippen molar-refractivity contribution in [1.82, 2.24) is 15.1 Å². The number of carboxylic acids is 1. The molecule has 1 aromatic rings. The van der Waals surface area contributed by atoms with Gasteiger partial charge in [-0.25, -0.2) is 0 Å². The van der Waals surface area contributed by atoms with Gasteiger partial charge in [0.2, 0.25) is 0 Å². The Labute approximate surface area is 117 Å². The Balaban J connectivity index is 1.65. The number of fused-ring (bicyclic) bond motifs is 1. The zero-order valence-corrected chi connectivity index (χ0v) is 11.3. The van der Waals surface area contributed by atoms with Gasteiger partial charge in [0.15, 0.2) is 0 Å². The Morgan fingerprint density at radius 2 is 2.20 bits per heavy atom. The first-order valence-electron chi connectivity index (χ1n) is 7.23. The molecule has 6 nitrogen and oxygen atoms in total. The van der Waals surface area contributed by atoms with E-state index in [1.165, 1.54) is 0 Å². The van der Waals surface area contributed by atoms with Crippen LogP contribution >= 0.6 is 0 Å². The summed E-state index contributed by atoms with van der Waals surface area (Å²) in [5.74, 6) is -1.18. The van der Waals surface area contributed by atoms with Gasteiger partial charge >= 0.3 is 5.97 Å². The van der Waals surface area contributed by atoms with Gasteiger partial charge in [-0.05, 0) is 38.5 Å². The highest BCUT2D eigenvalue weighted by atomic mass is 16.4. The molecule has 1 amide bonds. The Kier molecular flexibility index (Phi) is 3.46. The van der Waals surface area contributed by atoms with Crippen LogP contribution < -0.4 is 5.32 Å². The fourth-order valence-electron chi connectivity index (χ4n) is 3.21. The molecule has 0 radical (unpaired) electrons. The van der Waals surface area contributed by atoms with Gasteiger partial charge < -0.3 is 10.4 Å². The first-order chi connectivity index (χ1) is 9.65. The Morgan fingerprint density at radius 1 is 1.35 bits per heavy atom. The number of carboxylic acid groups (broad SMARTS) is 1. The molecule has 0 bridgehead atoms. The lowest BCUT2D eigenvalue weighted by molar-refractivity contribution is -0.141. The van der Waals surface area contributed by atoms with Crippen molar-refractivity contribution in [3.63, 3.8) is 0 Å². The summed E-state index contributed by atoms with van der Waals surface area (Å²) < 4.78 is 1.91. The van der Waals surface area contributed by atoms with Crippen molar-refractivity contribution in [3.05, 3.63) is 17.5 Å². The third kappa shape index (κ3) is 2.42. The lowest BCUT2D eigenvalue weighted by atomic mass is 10.1. The maximum Gasteiger partial charge on any atom is 0.306 e. The van der Waals surface area contributed by atoms with Crippen LogP contribution in [0.3, 0.4) is 0 Å². The van der Waals surface area contributed by atoms with E-state index in [0.717, 1.165) is 37.9 Å². The van der Waals surface area contributed by atoms with Gasteiger partial charge in [0, 0.05) is 12.6 Å². The smallest absolute Gasteiger partial charge is 0.306 e. The fourth-order valence-corrected chi connectivity index (χ4v) is 3.21. The molecule has 6 heteroatoms. The lowest BCUT2D eigenvalue weighted by Crippen LogP contribution is -2.34. The second-order valence-electron chi connectivity index (χ2n) is 5.70. The van der Waals surface area contributed by atoms with Crippen LogP contribution in [0.4, 0.5) is 0 Å².